The van der Waals surface area contributed by atoms with Crippen molar-refractivity contribution < 1.29 is 22.6 Å². The molecule has 0 saturated carbocycles. The molecule has 0 aromatic heterocycles. The van der Waals surface area contributed by atoms with E-state index in [0.29, 0.717) is 33.0 Å². The average molecular weight is 283 g/mol. The van der Waals surface area contributed by atoms with E-state index in [1.54, 1.807) is 7.11 Å². The second-order valence-corrected chi connectivity index (χ2v) is 6.60. The first-order valence-electron chi connectivity index (χ1n) is 5.92. The zero-order valence-corrected chi connectivity index (χ0v) is 12.3. The molecular weight excluding hydrogens is 258 g/mol. The van der Waals surface area contributed by atoms with E-state index in [-0.39, 0.29) is 5.75 Å². The van der Waals surface area contributed by atoms with E-state index >= 15 is 0 Å². The second-order valence-electron chi connectivity index (χ2n) is 4.98. The summed E-state index contributed by atoms with van der Waals surface area (Å²) >= 11 is 0. The van der Waals surface area contributed by atoms with Crippen molar-refractivity contribution >= 4 is 10.0 Å². The molecule has 0 radical (unpaired) electrons. The van der Waals surface area contributed by atoms with Crippen LogP contribution in [0.15, 0.2) is 0 Å². The molecule has 0 aromatic rings. The molecule has 0 unspecified atom stereocenters. The normalized spacial score (nSPS) is 12.9. The van der Waals surface area contributed by atoms with Crippen molar-refractivity contribution in [2.75, 3.05) is 45.9 Å². The van der Waals surface area contributed by atoms with Crippen molar-refractivity contribution in [1.29, 1.82) is 0 Å². The van der Waals surface area contributed by atoms with Gasteiger partial charge in [0.2, 0.25) is 10.0 Å². The number of primary sulfonamides is 1. The highest BCUT2D eigenvalue weighted by atomic mass is 32.2. The van der Waals surface area contributed by atoms with E-state index in [1.165, 1.54) is 0 Å². The highest BCUT2D eigenvalue weighted by molar-refractivity contribution is 7.89. The minimum atomic E-state index is -3.46. The molecule has 0 rings (SSSR count). The van der Waals surface area contributed by atoms with Crippen molar-refractivity contribution in [3.05, 3.63) is 0 Å². The number of ether oxygens (including phenoxy) is 3. The Labute approximate surface area is 110 Å². The highest BCUT2D eigenvalue weighted by Gasteiger charge is 2.24. The van der Waals surface area contributed by atoms with Crippen LogP contribution >= 0.6 is 0 Å². The van der Waals surface area contributed by atoms with E-state index in [2.05, 4.69) is 0 Å². The maximum absolute atomic E-state index is 11.0. The van der Waals surface area contributed by atoms with Crippen LogP contribution in [0.2, 0.25) is 0 Å². The predicted molar refractivity (Wildman–Crippen MR) is 69.9 cm³/mol. The molecule has 18 heavy (non-hydrogen) atoms. The van der Waals surface area contributed by atoms with E-state index in [1.807, 2.05) is 13.8 Å². The van der Waals surface area contributed by atoms with Gasteiger partial charge in [0.1, 0.15) is 0 Å². The van der Waals surface area contributed by atoms with Gasteiger partial charge < -0.3 is 14.2 Å². The largest absolute Gasteiger partial charge is 0.382 e. The Hall–Kier alpha value is -0.210. The number of sulfonamides is 1. The third kappa shape index (κ3) is 12.3. The number of methoxy groups -OCH3 is 1. The van der Waals surface area contributed by atoms with Crippen molar-refractivity contribution in [3.8, 4) is 0 Å². The van der Waals surface area contributed by atoms with Gasteiger partial charge in [0, 0.05) is 25.7 Å². The van der Waals surface area contributed by atoms with Gasteiger partial charge in [-0.05, 0) is 6.42 Å². The lowest BCUT2D eigenvalue weighted by Crippen LogP contribution is -2.32. The van der Waals surface area contributed by atoms with E-state index < -0.39 is 15.4 Å². The van der Waals surface area contributed by atoms with Crippen LogP contribution in [0.1, 0.15) is 20.3 Å². The van der Waals surface area contributed by atoms with Gasteiger partial charge in [-0.15, -0.1) is 0 Å². The standard InChI is InChI=1S/C11H25NO5S/c1-11(2,10-18(12,13)14)9-17-6-4-5-16-8-7-15-3/h4-10H2,1-3H3,(H2,12,13,14). The van der Waals surface area contributed by atoms with Crippen molar-refractivity contribution in [2.45, 2.75) is 20.3 Å². The minimum Gasteiger partial charge on any atom is -0.382 e. The Balaban J connectivity index is 3.53. The molecule has 0 aliphatic heterocycles. The number of hydrogen-bond donors (Lipinski definition) is 1. The van der Waals surface area contributed by atoms with Gasteiger partial charge in [-0.25, -0.2) is 13.6 Å². The van der Waals surface area contributed by atoms with Crippen LogP contribution in [-0.4, -0.2) is 54.3 Å². The zero-order chi connectivity index (χ0) is 14.1. The molecule has 0 heterocycles. The Morgan fingerprint density at radius 1 is 1.06 bits per heavy atom. The number of rotatable bonds is 11. The summed E-state index contributed by atoms with van der Waals surface area (Å²) in [6.07, 6.45) is 0.773. The molecule has 110 valence electrons. The van der Waals surface area contributed by atoms with Crippen molar-refractivity contribution in [1.82, 2.24) is 0 Å². The summed E-state index contributed by atoms with van der Waals surface area (Å²) in [5, 5.41) is 5.00. The van der Waals surface area contributed by atoms with Crippen LogP contribution in [0.25, 0.3) is 0 Å². The third-order valence-electron chi connectivity index (χ3n) is 2.09. The fraction of sp³-hybridized carbons (Fsp3) is 1.00. The lowest BCUT2D eigenvalue weighted by molar-refractivity contribution is 0.0353. The highest BCUT2D eigenvalue weighted by Crippen LogP contribution is 2.17. The third-order valence-corrected chi connectivity index (χ3v) is 3.28. The molecule has 0 bridgehead atoms. The average Bonchev–Trinajstić information content (AvgIpc) is 2.18. The molecule has 0 spiro atoms. The molecule has 0 amide bonds. The van der Waals surface area contributed by atoms with Gasteiger partial charge in [-0.3, -0.25) is 0 Å². The maximum Gasteiger partial charge on any atom is 0.209 e. The van der Waals surface area contributed by atoms with E-state index in [9.17, 15) is 8.42 Å². The Bertz CT molecular complexity index is 303. The molecule has 0 fully saturated rings. The summed E-state index contributed by atoms with van der Waals surface area (Å²) < 4.78 is 37.5. The monoisotopic (exact) mass is 283 g/mol. The van der Waals surface area contributed by atoms with Gasteiger partial charge in [-0.1, -0.05) is 13.8 Å². The summed E-state index contributed by atoms with van der Waals surface area (Å²) in [4.78, 5) is 0. The second kappa shape index (κ2) is 8.82. The summed E-state index contributed by atoms with van der Waals surface area (Å²) in [6.45, 7) is 6.30. The number of nitrogens with two attached hydrogens (primary N) is 1. The maximum atomic E-state index is 11.0. The first kappa shape index (κ1) is 17.8. The summed E-state index contributed by atoms with van der Waals surface area (Å²) in [5.41, 5.74) is -0.468. The first-order chi connectivity index (χ1) is 8.27. The molecule has 2 N–H and O–H groups in total. The molecule has 6 nitrogen and oxygen atoms in total. The van der Waals surface area contributed by atoms with Gasteiger partial charge in [0.05, 0.1) is 25.6 Å². The summed E-state index contributed by atoms with van der Waals surface area (Å²) in [7, 11) is -1.83. The van der Waals surface area contributed by atoms with Gasteiger partial charge in [0.15, 0.2) is 0 Å². The van der Waals surface area contributed by atoms with Crippen LogP contribution < -0.4 is 5.14 Å². The predicted octanol–water partition coefficient (Wildman–Crippen LogP) is 0.371. The summed E-state index contributed by atoms with van der Waals surface area (Å²) in [6, 6.07) is 0. The number of hydrogen-bond acceptors (Lipinski definition) is 5. The van der Waals surface area contributed by atoms with Gasteiger partial charge in [-0.2, -0.15) is 0 Å². The first-order valence-corrected chi connectivity index (χ1v) is 7.63. The van der Waals surface area contributed by atoms with Crippen LogP contribution in [0.3, 0.4) is 0 Å². The topological polar surface area (TPSA) is 87.8 Å². The minimum absolute atomic E-state index is 0.0790. The molecule has 7 heteroatoms. The smallest absolute Gasteiger partial charge is 0.209 e. The quantitative estimate of drug-likeness (QED) is 0.554. The molecule has 0 aliphatic rings. The molecule has 0 aliphatic carbocycles. The lowest BCUT2D eigenvalue weighted by Gasteiger charge is -2.22. The molecule has 0 aromatic carbocycles. The van der Waals surface area contributed by atoms with E-state index in [0.717, 1.165) is 6.42 Å². The zero-order valence-electron chi connectivity index (χ0n) is 11.5. The van der Waals surface area contributed by atoms with Crippen LogP contribution in [0.4, 0.5) is 0 Å². The van der Waals surface area contributed by atoms with Crippen LogP contribution in [0, 0.1) is 5.41 Å². The van der Waals surface area contributed by atoms with E-state index in [4.69, 9.17) is 19.3 Å². The Kier molecular flexibility index (Phi) is 8.71. The van der Waals surface area contributed by atoms with Gasteiger partial charge in [0.25, 0.3) is 0 Å². The lowest BCUT2D eigenvalue weighted by atomic mass is 9.98. The van der Waals surface area contributed by atoms with Crippen molar-refractivity contribution in [2.24, 2.45) is 10.6 Å². The molecule has 0 saturated heterocycles. The molecular formula is C11H25NO5S. The van der Waals surface area contributed by atoms with Crippen molar-refractivity contribution in [3.63, 3.8) is 0 Å². The fourth-order valence-electron chi connectivity index (χ4n) is 1.44. The SMILES string of the molecule is COCCOCCCOCC(C)(C)CS(N)(=O)=O. The van der Waals surface area contributed by atoms with Crippen LogP contribution in [0.5, 0.6) is 0 Å². The van der Waals surface area contributed by atoms with Crippen LogP contribution in [-0.2, 0) is 24.2 Å². The fourth-order valence-corrected chi connectivity index (χ4v) is 2.61. The summed E-state index contributed by atoms with van der Waals surface area (Å²) in [5.74, 6) is -0.0790. The van der Waals surface area contributed by atoms with Gasteiger partial charge >= 0.3 is 0 Å². The Morgan fingerprint density at radius 3 is 2.22 bits per heavy atom. The molecule has 0 atom stereocenters. The Morgan fingerprint density at radius 2 is 1.67 bits per heavy atom.